The van der Waals surface area contributed by atoms with Crippen molar-refractivity contribution < 1.29 is 31.6 Å². The molecular weight excluding hydrogens is 466 g/mol. The molecule has 0 radical (unpaired) electrons. The lowest BCUT2D eigenvalue weighted by atomic mass is 10.2. The van der Waals surface area contributed by atoms with Gasteiger partial charge in [0.15, 0.2) is 0 Å². The Kier molecular flexibility index (Phi) is 8.16. The van der Waals surface area contributed by atoms with Gasteiger partial charge < -0.3 is 19.5 Å². The van der Waals surface area contributed by atoms with Gasteiger partial charge in [-0.3, -0.25) is 4.79 Å². The van der Waals surface area contributed by atoms with Crippen molar-refractivity contribution in [3.8, 4) is 0 Å². The summed E-state index contributed by atoms with van der Waals surface area (Å²) in [5, 5.41) is 2.44. The van der Waals surface area contributed by atoms with Crippen LogP contribution in [0.2, 0.25) is 0 Å². The third-order valence-corrected chi connectivity index (χ3v) is 5.20. The fourth-order valence-corrected chi connectivity index (χ4v) is 3.34. The first-order valence-corrected chi connectivity index (χ1v) is 10.8. The summed E-state index contributed by atoms with van der Waals surface area (Å²) >= 11 is 0. The summed E-state index contributed by atoms with van der Waals surface area (Å²) in [5.41, 5.74) is -0.260. The molecule has 0 bridgehead atoms. The lowest BCUT2D eigenvalue weighted by Gasteiger charge is -2.30. The maximum atomic E-state index is 13.3. The molecule has 0 atom stereocenters. The third-order valence-electron chi connectivity index (χ3n) is 5.20. The number of rotatable bonds is 8. The summed E-state index contributed by atoms with van der Waals surface area (Å²) in [6, 6.07) is 12.2. The van der Waals surface area contributed by atoms with E-state index in [2.05, 4.69) is 5.32 Å². The number of nitrogens with one attached hydrogen (secondary N) is 1. The molecule has 6 nitrogen and oxygen atoms in total. The predicted molar refractivity (Wildman–Crippen MR) is 122 cm³/mol. The smallest absolute Gasteiger partial charge is 0.416 e. The molecule has 1 N–H and O–H groups in total. The fourth-order valence-electron chi connectivity index (χ4n) is 3.34. The number of hydrogen-bond donors (Lipinski definition) is 1. The molecule has 2 aromatic carbocycles. The van der Waals surface area contributed by atoms with Gasteiger partial charge in [-0.25, -0.2) is 9.18 Å². The number of carbonyl (C=O) groups is 2. The Labute approximate surface area is 200 Å². The maximum Gasteiger partial charge on any atom is 0.416 e. The van der Waals surface area contributed by atoms with Crippen molar-refractivity contribution in [2.75, 3.05) is 11.9 Å². The van der Waals surface area contributed by atoms with E-state index in [1.807, 2.05) is 0 Å². The van der Waals surface area contributed by atoms with Gasteiger partial charge in [0.2, 0.25) is 5.91 Å². The topological polar surface area (TPSA) is 65.8 Å². The largest absolute Gasteiger partial charge is 0.467 e. The highest BCUT2D eigenvalue weighted by molar-refractivity contribution is 5.92. The summed E-state index contributed by atoms with van der Waals surface area (Å²) in [6.07, 6.45) is -3.08. The number of benzene rings is 2. The molecule has 0 fully saturated rings. The number of urea groups is 1. The van der Waals surface area contributed by atoms with E-state index in [4.69, 9.17) is 4.42 Å². The number of furan rings is 1. The van der Waals surface area contributed by atoms with Gasteiger partial charge in [0.25, 0.3) is 0 Å². The van der Waals surface area contributed by atoms with Crippen molar-refractivity contribution in [3.63, 3.8) is 0 Å². The molecule has 3 amide bonds. The zero-order valence-corrected chi connectivity index (χ0v) is 19.2. The summed E-state index contributed by atoms with van der Waals surface area (Å²) in [5.74, 6) is -0.307. The molecule has 35 heavy (non-hydrogen) atoms. The maximum absolute atomic E-state index is 13.3. The van der Waals surface area contributed by atoms with E-state index in [1.165, 1.54) is 40.3 Å². The summed E-state index contributed by atoms with van der Waals surface area (Å²) in [4.78, 5) is 28.8. The number of alkyl halides is 3. The number of carbonyl (C=O) groups excluding carboxylic acids is 2. The first kappa shape index (κ1) is 25.8. The van der Waals surface area contributed by atoms with Crippen LogP contribution in [-0.2, 0) is 24.1 Å². The molecule has 1 aromatic heterocycles. The molecule has 0 saturated heterocycles. The predicted octanol–water partition coefficient (Wildman–Crippen LogP) is 5.91. The van der Waals surface area contributed by atoms with Crippen LogP contribution in [0, 0.1) is 5.82 Å². The second-order valence-corrected chi connectivity index (χ2v) is 8.19. The van der Waals surface area contributed by atoms with Gasteiger partial charge in [-0.1, -0.05) is 18.2 Å². The highest BCUT2D eigenvalue weighted by Gasteiger charge is 2.31. The molecule has 1 heterocycles. The minimum atomic E-state index is -4.55. The van der Waals surface area contributed by atoms with Crippen LogP contribution >= 0.6 is 0 Å². The van der Waals surface area contributed by atoms with Crippen LogP contribution in [0.5, 0.6) is 0 Å². The van der Waals surface area contributed by atoms with Crippen molar-refractivity contribution >= 4 is 17.6 Å². The first-order chi connectivity index (χ1) is 16.5. The van der Waals surface area contributed by atoms with E-state index in [0.717, 1.165) is 12.1 Å². The lowest BCUT2D eigenvalue weighted by Crippen LogP contribution is -2.47. The van der Waals surface area contributed by atoms with Gasteiger partial charge in [-0.05, 0) is 61.9 Å². The van der Waals surface area contributed by atoms with Crippen molar-refractivity contribution in [1.29, 1.82) is 0 Å². The highest BCUT2D eigenvalue weighted by Crippen LogP contribution is 2.30. The Morgan fingerprint density at radius 3 is 2.31 bits per heavy atom. The average Bonchev–Trinajstić information content (AvgIpc) is 3.31. The van der Waals surface area contributed by atoms with Crippen LogP contribution < -0.4 is 5.32 Å². The Morgan fingerprint density at radius 2 is 1.71 bits per heavy atom. The minimum Gasteiger partial charge on any atom is -0.467 e. The van der Waals surface area contributed by atoms with Crippen LogP contribution in [0.3, 0.4) is 0 Å². The van der Waals surface area contributed by atoms with Crippen LogP contribution in [0.15, 0.2) is 71.3 Å². The number of halogens is 4. The molecule has 10 heteroatoms. The monoisotopic (exact) mass is 491 g/mol. The van der Waals surface area contributed by atoms with E-state index in [0.29, 0.717) is 11.3 Å². The van der Waals surface area contributed by atoms with E-state index >= 15 is 0 Å². The molecule has 0 saturated carbocycles. The molecule has 0 unspecified atom stereocenters. The lowest BCUT2D eigenvalue weighted by molar-refractivity contribution is -0.137. The number of anilines is 1. The van der Waals surface area contributed by atoms with Crippen LogP contribution in [0.4, 0.5) is 28.0 Å². The van der Waals surface area contributed by atoms with E-state index in [-0.39, 0.29) is 25.3 Å². The number of hydrogen-bond acceptors (Lipinski definition) is 3. The van der Waals surface area contributed by atoms with E-state index < -0.39 is 35.5 Å². The fraction of sp³-hybridized carbons (Fsp3) is 0.280. The molecule has 0 aliphatic heterocycles. The Hall–Kier alpha value is -3.82. The van der Waals surface area contributed by atoms with E-state index in [9.17, 15) is 27.2 Å². The normalized spacial score (nSPS) is 11.4. The van der Waals surface area contributed by atoms with Gasteiger partial charge in [0.1, 0.15) is 18.1 Å². The van der Waals surface area contributed by atoms with Crippen molar-refractivity contribution in [2.24, 2.45) is 0 Å². The number of nitrogens with zero attached hydrogens (tertiary/aromatic N) is 2. The Bertz CT molecular complexity index is 1130. The summed E-state index contributed by atoms with van der Waals surface area (Å²) in [6.45, 7) is 3.31. The zero-order valence-electron chi connectivity index (χ0n) is 19.2. The van der Waals surface area contributed by atoms with Gasteiger partial charge in [0.05, 0.1) is 18.4 Å². The molecular formula is C25H25F4N3O3. The van der Waals surface area contributed by atoms with Gasteiger partial charge >= 0.3 is 12.2 Å². The van der Waals surface area contributed by atoms with Crippen LogP contribution in [0.1, 0.15) is 30.7 Å². The zero-order chi connectivity index (χ0) is 25.6. The molecule has 3 aromatic rings. The summed E-state index contributed by atoms with van der Waals surface area (Å²) in [7, 11) is 0. The molecule has 0 aliphatic carbocycles. The van der Waals surface area contributed by atoms with Crippen molar-refractivity contribution in [3.05, 3.63) is 89.6 Å². The summed E-state index contributed by atoms with van der Waals surface area (Å²) < 4.78 is 57.7. The highest BCUT2D eigenvalue weighted by atomic mass is 19.4. The Morgan fingerprint density at radius 1 is 1.00 bits per heavy atom. The quantitative estimate of drug-likeness (QED) is 0.399. The van der Waals surface area contributed by atoms with Crippen LogP contribution in [-0.4, -0.2) is 34.3 Å². The molecule has 3 rings (SSSR count). The second kappa shape index (κ2) is 11.1. The second-order valence-electron chi connectivity index (χ2n) is 8.19. The van der Waals surface area contributed by atoms with Crippen LogP contribution in [0.25, 0.3) is 0 Å². The van der Waals surface area contributed by atoms with Gasteiger partial charge in [0, 0.05) is 18.3 Å². The van der Waals surface area contributed by atoms with E-state index in [1.54, 1.807) is 38.1 Å². The Balaban J connectivity index is 1.76. The van der Waals surface area contributed by atoms with Gasteiger partial charge in [-0.15, -0.1) is 0 Å². The number of amides is 3. The minimum absolute atomic E-state index is 0.0401. The SMILES string of the molecule is CC(C)N(CC(=O)N(Cc1ccc(F)cc1)Cc1ccco1)C(=O)Nc1cccc(C(F)(F)F)c1. The van der Waals surface area contributed by atoms with Gasteiger partial charge in [-0.2, -0.15) is 13.2 Å². The third kappa shape index (κ3) is 7.33. The van der Waals surface area contributed by atoms with Crippen molar-refractivity contribution in [2.45, 2.75) is 39.2 Å². The van der Waals surface area contributed by atoms with Crippen molar-refractivity contribution in [1.82, 2.24) is 9.80 Å². The molecule has 0 spiro atoms. The standard InChI is InChI=1S/C25H25F4N3O3/c1-17(2)32(24(34)30-21-6-3-5-19(13-21)25(27,28)29)16-23(33)31(15-22-7-4-12-35-22)14-18-8-10-20(26)11-9-18/h3-13,17H,14-16H2,1-2H3,(H,30,34). The molecule has 0 aliphatic rings. The molecule has 186 valence electrons. The average molecular weight is 491 g/mol. The first-order valence-electron chi connectivity index (χ1n) is 10.8.